The summed E-state index contributed by atoms with van der Waals surface area (Å²) in [5.74, 6) is -0.638. The van der Waals surface area contributed by atoms with Gasteiger partial charge in [-0.2, -0.15) is 0 Å². The van der Waals surface area contributed by atoms with Gasteiger partial charge in [0.1, 0.15) is 5.70 Å². The molecule has 0 aliphatic heterocycles. The largest absolute Gasteiger partial charge is 0.378 e. The molecule has 0 bridgehead atoms. The molecule has 4 aromatic rings. The highest BCUT2D eigenvalue weighted by atomic mass is 16.2. The minimum Gasteiger partial charge on any atom is -0.378 e. The Bertz CT molecular complexity index is 1580. The van der Waals surface area contributed by atoms with Gasteiger partial charge in [-0.1, -0.05) is 74.5 Å². The fourth-order valence-electron chi connectivity index (χ4n) is 4.15. The summed E-state index contributed by atoms with van der Waals surface area (Å²) in [6.45, 7) is 4.23. The van der Waals surface area contributed by atoms with E-state index < -0.39 is 5.91 Å². The van der Waals surface area contributed by atoms with Crippen LogP contribution in [-0.2, 0) is 4.79 Å². The molecule has 0 atom stereocenters. The highest BCUT2D eigenvalue weighted by molar-refractivity contribution is 6.11. The van der Waals surface area contributed by atoms with Crippen LogP contribution in [0.3, 0.4) is 0 Å². The van der Waals surface area contributed by atoms with Gasteiger partial charge in [0.25, 0.3) is 11.8 Å². The number of amides is 2. The van der Waals surface area contributed by atoms with Crippen molar-refractivity contribution in [1.29, 1.82) is 0 Å². The van der Waals surface area contributed by atoms with Crippen LogP contribution in [0.15, 0.2) is 115 Å². The van der Waals surface area contributed by atoms with Crippen LogP contribution in [0.4, 0.5) is 11.4 Å². The number of rotatable bonds is 10. The summed E-state index contributed by atoms with van der Waals surface area (Å²) in [4.78, 5) is 41.0. The lowest BCUT2D eigenvalue weighted by Crippen LogP contribution is -2.30. The molecule has 6 heteroatoms. The van der Waals surface area contributed by atoms with E-state index in [0.29, 0.717) is 22.7 Å². The van der Waals surface area contributed by atoms with Gasteiger partial charge in [-0.05, 0) is 83.3 Å². The van der Waals surface area contributed by atoms with Crippen molar-refractivity contribution >= 4 is 41.1 Å². The van der Waals surface area contributed by atoms with E-state index >= 15 is 0 Å². The standard InChI is InChI=1S/C36H35N3O3/c1-25(2)28-15-10-27(11-16-28)24-33(38-35(41)30-8-6-5-7-9-30)36(42)37-31-19-17-29(18-20-31)34(40)23-14-26-12-21-32(22-13-26)39(3)4/h5-25H,1-4H3,(H,37,42)(H,38,41)/b23-14+,33-24-. The van der Waals surface area contributed by atoms with Crippen LogP contribution in [0.25, 0.3) is 12.2 Å². The molecule has 4 aromatic carbocycles. The number of hydrogen-bond acceptors (Lipinski definition) is 4. The summed E-state index contributed by atoms with van der Waals surface area (Å²) in [6, 6.07) is 31.1. The van der Waals surface area contributed by atoms with Crippen molar-refractivity contribution in [2.45, 2.75) is 19.8 Å². The molecule has 6 nitrogen and oxygen atoms in total. The zero-order chi connectivity index (χ0) is 30.1. The SMILES string of the molecule is CC(C)c1ccc(/C=C(\NC(=O)c2ccccc2)C(=O)Nc2ccc(C(=O)/C=C/c3ccc(N(C)C)cc3)cc2)cc1. The van der Waals surface area contributed by atoms with Crippen LogP contribution in [-0.4, -0.2) is 31.7 Å². The Hall–Kier alpha value is -5.23. The van der Waals surface area contributed by atoms with Gasteiger partial charge in [0.15, 0.2) is 5.78 Å². The van der Waals surface area contributed by atoms with E-state index in [9.17, 15) is 14.4 Å². The van der Waals surface area contributed by atoms with E-state index in [0.717, 1.165) is 16.8 Å². The Labute approximate surface area is 247 Å². The van der Waals surface area contributed by atoms with Crippen molar-refractivity contribution in [3.8, 4) is 0 Å². The Morgan fingerprint density at radius 2 is 1.33 bits per heavy atom. The lowest BCUT2D eigenvalue weighted by molar-refractivity contribution is -0.113. The van der Waals surface area contributed by atoms with Crippen molar-refractivity contribution in [3.63, 3.8) is 0 Å². The zero-order valence-corrected chi connectivity index (χ0v) is 24.3. The normalized spacial score (nSPS) is 11.4. The van der Waals surface area contributed by atoms with E-state index in [2.05, 4.69) is 24.5 Å². The molecule has 0 radical (unpaired) electrons. The molecule has 4 rings (SSSR count). The number of allylic oxidation sites excluding steroid dienone is 1. The van der Waals surface area contributed by atoms with Gasteiger partial charge < -0.3 is 15.5 Å². The van der Waals surface area contributed by atoms with E-state index in [1.54, 1.807) is 60.7 Å². The highest BCUT2D eigenvalue weighted by Crippen LogP contribution is 2.18. The zero-order valence-electron chi connectivity index (χ0n) is 24.3. The van der Waals surface area contributed by atoms with Crippen LogP contribution < -0.4 is 15.5 Å². The van der Waals surface area contributed by atoms with Crippen molar-refractivity contribution in [2.75, 3.05) is 24.3 Å². The smallest absolute Gasteiger partial charge is 0.272 e. The average molecular weight is 558 g/mol. The Morgan fingerprint density at radius 1 is 0.714 bits per heavy atom. The highest BCUT2D eigenvalue weighted by Gasteiger charge is 2.15. The van der Waals surface area contributed by atoms with Gasteiger partial charge in [0.2, 0.25) is 0 Å². The summed E-state index contributed by atoms with van der Waals surface area (Å²) < 4.78 is 0. The second-order valence-electron chi connectivity index (χ2n) is 10.4. The van der Waals surface area contributed by atoms with Crippen molar-refractivity contribution in [3.05, 3.63) is 143 Å². The fourth-order valence-corrected chi connectivity index (χ4v) is 4.15. The Morgan fingerprint density at radius 3 is 1.93 bits per heavy atom. The van der Waals surface area contributed by atoms with Crippen molar-refractivity contribution in [2.24, 2.45) is 0 Å². The number of nitrogens with zero attached hydrogens (tertiary/aromatic N) is 1. The molecule has 0 fully saturated rings. The van der Waals surface area contributed by atoms with Crippen LogP contribution in [0, 0.1) is 0 Å². The van der Waals surface area contributed by atoms with E-state index in [1.165, 1.54) is 11.6 Å². The summed E-state index contributed by atoms with van der Waals surface area (Å²) in [7, 11) is 3.95. The van der Waals surface area contributed by atoms with Crippen LogP contribution >= 0.6 is 0 Å². The quantitative estimate of drug-likeness (QED) is 0.160. The van der Waals surface area contributed by atoms with Crippen molar-refractivity contribution in [1.82, 2.24) is 5.32 Å². The van der Waals surface area contributed by atoms with Crippen LogP contribution in [0.2, 0.25) is 0 Å². The first-order chi connectivity index (χ1) is 20.2. The molecule has 0 aliphatic rings. The molecule has 0 aliphatic carbocycles. The molecule has 0 heterocycles. The minimum absolute atomic E-state index is 0.101. The number of benzene rings is 4. The van der Waals surface area contributed by atoms with Gasteiger partial charge in [0, 0.05) is 36.6 Å². The third-order valence-corrected chi connectivity index (χ3v) is 6.71. The first kappa shape index (κ1) is 29.7. The van der Waals surface area contributed by atoms with Crippen molar-refractivity contribution < 1.29 is 14.4 Å². The fraction of sp³-hybridized carbons (Fsp3) is 0.139. The molecule has 2 N–H and O–H groups in total. The summed E-state index contributed by atoms with van der Waals surface area (Å²) in [6.07, 6.45) is 4.95. The minimum atomic E-state index is -0.479. The van der Waals surface area contributed by atoms with Crippen LogP contribution in [0.5, 0.6) is 0 Å². The Kier molecular flexibility index (Phi) is 9.85. The molecule has 42 heavy (non-hydrogen) atoms. The lowest BCUT2D eigenvalue weighted by atomic mass is 10.0. The lowest BCUT2D eigenvalue weighted by Gasteiger charge is -2.12. The predicted octanol–water partition coefficient (Wildman–Crippen LogP) is 7.18. The number of anilines is 2. The molecule has 0 saturated carbocycles. The first-order valence-electron chi connectivity index (χ1n) is 13.8. The molecular weight excluding hydrogens is 522 g/mol. The number of nitrogens with one attached hydrogen (secondary N) is 2. The molecular formula is C36H35N3O3. The number of ketones is 1. The maximum atomic E-state index is 13.3. The average Bonchev–Trinajstić information content (AvgIpc) is 3.00. The third-order valence-electron chi connectivity index (χ3n) is 6.71. The van der Waals surface area contributed by atoms with Gasteiger partial charge in [-0.3, -0.25) is 14.4 Å². The number of carbonyl (C=O) groups excluding carboxylic acids is 3. The topological polar surface area (TPSA) is 78.5 Å². The molecule has 0 unspecified atom stereocenters. The molecule has 0 saturated heterocycles. The van der Waals surface area contributed by atoms with Gasteiger partial charge >= 0.3 is 0 Å². The van der Waals surface area contributed by atoms with Gasteiger partial charge in [0.05, 0.1) is 0 Å². The summed E-state index contributed by atoms with van der Waals surface area (Å²) >= 11 is 0. The molecule has 0 aromatic heterocycles. The molecule has 2 amide bonds. The second-order valence-corrected chi connectivity index (χ2v) is 10.4. The monoisotopic (exact) mass is 557 g/mol. The number of carbonyl (C=O) groups is 3. The molecule has 212 valence electrons. The Balaban J connectivity index is 1.48. The maximum absolute atomic E-state index is 13.3. The third kappa shape index (κ3) is 8.15. The van der Waals surface area contributed by atoms with E-state index in [4.69, 9.17) is 0 Å². The molecule has 0 spiro atoms. The summed E-state index contributed by atoms with van der Waals surface area (Å²) in [5.41, 5.74) is 5.49. The predicted molar refractivity (Wildman–Crippen MR) is 172 cm³/mol. The summed E-state index contributed by atoms with van der Waals surface area (Å²) in [5, 5.41) is 5.59. The second kappa shape index (κ2) is 13.9. The first-order valence-corrected chi connectivity index (χ1v) is 13.8. The van der Waals surface area contributed by atoms with Gasteiger partial charge in [-0.25, -0.2) is 0 Å². The van der Waals surface area contributed by atoms with Gasteiger partial charge in [-0.15, -0.1) is 0 Å². The van der Waals surface area contributed by atoms with E-state index in [-0.39, 0.29) is 17.4 Å². The maximum Gasteiger partial charge on any atom is 0.272 e. The van der Waals surface area contributed by atoms with Crippen LogP contribution in [0.1, 0.15) is 57.2 Å². The number of hydrogen-bond donors (Lipinski definition) is 2. The van der Waals surface area contributed by atoms with E-state index in [1.807, 2.05) is 73.6 Å².